The van der Waals surface area contributed by atoms with E-state index < -0.39 is 0 Å². The molecule has 2 nitrogen and oxygen atoms in total. The Kier molecular flexibility index (Phi) is 4.17. The lowest BCUT2D eigenvalue weighted by Gasteiger charge is -2.17. The van der Waals surface area contributed by atoms with E-state index in [0.29, 0.717) is 0 Å². The van der Waals surface area contributed by atoms with Gasteiger partial charge in [-0.05, 0) is 29.7 Å². The largest absolute Gasteiger partial charge is 0.340 e. The van der Waals surface area contributed by atoms with Crippen LogP contribution in [0.25, 0.3) is 22.2 Å². The summed E-state index contributed by atoms with van der Waals surface area (Å²) in [5, 5.41) is 0.773. The van der Waals surface area contributed by atoms with Crippen LogP contribution in [0.5, 0.6) is 0 Å². The minimum absolute atomic E-state index is 0.0745. The van der Waals surface area contributed by atoms with E-state index in [1.165, 1.54) is 5.56 Å². The van der Waals surface area contributed by atoms with Crippen molar-refractivity contribution in [2.24, 2.45) is 0 Å². The minimum Gasteiger partial charge on any atom is -0.340 e. The van der Waals surface area contributed by atoms with Gasteiger partial charge >= 0.3 is 0 Å². The average Bonchev–Trinajstić information content (AvgIpc) is 2.69. The van der Waals surface area contributed by atoms with E-state index in [1.807, 2.05) is 48.5 Å². The molecule has 0 saturated heterocycles. The lowest BCUT2D eigenvalue weighted by molar-refractivity contribution is 0.723. The zero-order valence-corrected chi connectivity index (χ0v) is 13.9. The smallest absolute Gasteiger partial charge is 0.190 e. The summed E-state index contributed by atoms with van der Waals surface area (Å²) in [5.74, 6) is 0. The van der Waals surface area contributed by atoms with Gasteiger partial charge in [-0.2, -0.15) is 0 Å². The molecule has 1 aromatic heterocycles. The first kappa shape index (κ1) is 15.4. The zero-order valence-electron chi connectivity index (χ0n) is 13.9. The number of hydrogen-bond acceptors (Lipinski definition) is 1. The zero-order chi connectivity index (χ0) is 17.1. The molecule has 1 heterocycles. The predicted molar refractivity (Wildman–Crippen MR) is 104 cm³/mol. The molecule has 0 spiro atoms. The van der Waals surface area contributed by atoms with Gasteiger partial charge in [0, 0.05) is 18.0 Å². The van der Waals surface area contributed by atoms with E-state index in [2.05, 4.69) is 41.0 Å². The molecule has 2 heteroatoms. The SMILES string of the molecule is O=c1cc(-c2ccccc2)n(CCc2ccccc2)c2ccccc12. The third-order valence-corrected chi connectivity index (χ3v) is 4.56. The summed E-state index contributed by atoms with van der Waals surface area (Å²) in [6, 6.07) is 30.2. The molecule has 0 saturated carbocycles. The summed E-state index contributed by atoms with van der Waals surface area (Å²) < 4.78 is 2.26. The first-order chi connectivity index (χ1) is 12.3. The Bertz CT molecular complexity index is 1050. The van der Waals surface area contributed by atoms with Gasteiger partial charge in [0.2, 0.25) is 0 Å². The van der Waals surface area contributed by atoms with Crippen molar-refractivity contribution in [1.82, 2.24) is 4.57 Å². The Morgan fingerprint density at radius 1 is 0.720 bits per heavy atom. The van der Waals surface area contributed by atoms with Crippen LogP contribution < -0.4 is 5.43 Å². The highest BCUT2D eigenvalue weighted by Gasteiger charge is 2.10. The number of nitrogens with zero attached hydrogens (tertiary/aromatic N) is 1. The number of aromatic nitrogens is 1. The second-order valence-corrected chi connectivity index (χ2v) is 6.16. The molecular formula is C23H19NO. The van der Waals surface area contributed by atoms with Crippen molar-refractivity contribution >= 4 is 10.9 Å². The van der Waals surface area contributed by atoms with Gasteiger partial charge in [0.25, 0.3) is 0 Å². The Morgan fingerprint density at radius 3 is 2.12 bits per heavy atom. The molecule has 0 bridgehead atoms. The van der Waals surface area contributed by atoms with Gasteiger partial charge in [-0.3, -0.25) is 4.79 Å². The summed E-state index contributed by atoms with van der Waals surface area (Å²) in [7, 11) is 0. The normalized spacial score (nSPS) is 10.9. The van der Waals surface area contributed by atoms with Crippen molar-refractivity contribution in [3.8, 4) is 11.3 Å². The highest BCUT2D eigenvalue weighted by atomic mass is 16.1. The van der Waals surface area contributed by atoms with Crippen molar-refractivity contribution in [2.75, 3.05) is 0 Å². The summed E-state index contributed by atoms with van der Waals surface area (Å²) >= 11 is 0. The van der Waals surface area contributed by atoms with E-state index in [-0.39, 0.29) is 5.43 Å². The summed E-state index contributed by atoms with van der Waals surface area (Å²) in [6.45, 7) is 0.828. The molecular weight excluding hydrogens is 306 g/mol. The Hall–Kier alpha value is -3.13. The number of para-hydroxylation sites is 1. The van der Waals surface area contributed by atoms with Crippen LogP contribution in [0.1, 0.15) is 5.56 Å². The second-order valence-electron chi connectivity index (χ2n) is 6.16. The fraction of sp³-hybridized carbons (Fsp3) is 0.0870. The number of fused-ring (bicyclic) bond motifs is 1. The average molecular weight is 325 g/mol. The lowest BCUT2D eigenvalue weighted by Crippen LogP contribution is -2.13. The molecule has 3 aromatic carbocycles. The maximum absolute atomic E-state index is 12.6. The van der Waals surface area contributed by atoms with Crippen LogP contribution in [-0.2, 0) is 13.0 Å². The number of benzene rings is 3. The third-order valence-electron chi connectivity index (χ3n) is 4.56. The summed E-state index contributed by atoms with van der Waals surface area (Å²) in [6.07, 6.45) is 0.924. The fourth-order valence-corrected chi connectivity index (χ4v) is 3.30. The topological polar surface area (TPSA) is 22.0 Å². The van der Waals surface area contributed by atoms with Gasteiger partial charge in [0.05, 0.1) is 11.2 Å². The Morgan fingerprint density at radius 2 is 1.36 bits per heavy atom. The van der Waals surface area contributed by atoms with Crippen LogP contribution >= 0.6 is 0 Å². The van der Waals surface area contributed by atoms with Gasteiger partial charge < -0.3 is 4.57 Å². The van der Waals surface area contributed by atoms with E-state index in [1.54, 1.807) is 6.07 Å². The molecule has 0 radical (unpaired) electrons. The van der Waals surface area contributed by atoms with Crippen molar-refractivity contribution in [2.45, 2.75) is 13.0 Å². The first-order valence-electron chi connectivity index (χ1n) is 8.55. The van der Waals surface area contributed by atoms with Crippen LogP contribution in [0.4, 0.5) is 0 Å². The maximum Gasteiger partial charge on any atom is 0.190 e. The molecule has 0 amide bonds. The van der Waals surface area contributed by atoms with Crippen LogP contribution in [0, 0.1) is 0 Å². The van der Waals surface area contributed by atoms with Gasteiger partial charge in [-0.15, -0.1) is 0 Å². The first-order valence-corrected chi connectivity index (χ1v) is 8.55. The summed E-state index contributed by atoms with van der Waals surface area (Å²) in [4.78, 5) is 12.6. The number of hydrogen-bond donors (Lipinski definition) is 0. The van der Waals surface area contributed by atoms with E-state index in [0.717, 1.165) is 35.1 Å². The molecule has 0 aliphatic heterocycles. The molecule has 122 valence electrons. The molecule has 0 fully saturated rings. The second kappa shape index (κ2) is 6.78. The van der Waals surface area contributed by atoms with Crippen molar-refractivity contribution in [1.29, 1.82) is 0 Å². The van der Waals surface area contributed by atoms with E-state index >= 15 is 0 Å². The lowest BCUT2D eigenvalue weighted by atomic mass is 10.1. The molecule has 0 aliphatic carbocycles. The maximum atomic E-state index is 12.6. The van der Waals surface area contributed by atoms with Gasteiger partial charge in [0.15, 0.2) is 5.43 Å². The standard InChI is InChI=1S/C23H19NO/c25-23-17-22(19-11-5-2-6-12-19)24(21-14-8-7-13-20(21)23)16-15-18-9-3-1-4-10-18/h1-14,17H,15-16H2. The molecule has 0 atom stereocenters. The van der Waals surface area contributed by atoms with Crippen LogP contribution in [0.15, 0.2) is 95.8 Å². The number of pyridine rings is 1. The van der Waals surface area contributed by atoms with Crippen molar-refractivity contribution in [3.05, 3.63) is 107 Å². The van der Waals surface area contributed by atoms with Crippen molar-refractivity contribution in [3.63, 3.8) is 0 Å². The molecule has 0 unspecified atom stereocenters. The quantitative estimate of drug-likeness (QED) is 0.522. The van der Waals surface area contributed by atoms with Crippen LogP contribution in [0.2, 0.25) is 0 Å². The van der Waals surface area contributed by atoms with E-state index in [4.69, 9.17) is 0 Å². The monoisotopic (exact) mass is 325 g/mol. The van der Waals surface area contributed by atoms with Crippen molar-refractivity contribution < 1.29 is 0 Å². The summed E-state index contributed by atoms with van der Waals surface area (Å²) in [5.41, 5.74) is 4.40. The van der Waals surface area contributed by atoms with Crippen LogP contribution in [0.3, 0.4) is 0 Å². The number of rotatable bonds is 4. The van der Waals surface area contributed by atoms with Gasteiger partial charge in [0.1, 0.15) is 0 Å². The predicted octanol–water partition coefficient (Wildman–Crippen LogP) is 4.91. The minimum atomic E-state index is 0.0745. The molecule has 4 rings (SSSR count). The van der Waals surface area contributed by atoms with Gasteiger partial charge in [-0.25, -0.2) is 0 Å². The molecule has 4 aromatic rings. The Balaban J connectivity index is 1.87. The van der Waals surface area contributed by atoms with E-state index in [9.17, 15) is 4.79 Å². The highest BCUT2D eigenvalue weighted by Crippen LogP contribution is 2.23. The molecule has 0 aliphatic rings. The Labute approximate surface area is 147 Å². The molecule has 0 N–H and O–H groups in total. The van der Waals surface area contributed by atoms with Crippen LogP contribution in [-0.4, -0.2) is 4.57 Å². The van der Waals surface area contributed by atoms with Gasteiger partial charge in [-0.1, -0.05) is 72.8 Å². The fourth-order valence-electron chi connectivity index (χ4n) is 3.30. The third kappa shape index (κ3) is 3.11. The highest BCUT2D eigenvalue weighted by molar-refractivity contribution is 5.82. The number of aryl methyl sites for hydroxylation is 2. The molecule has 25 heavy (non-hydrogen) atoms.